The summed E-state index contributed by atoms with van der Waals surface area (Å²) >= 11 is 0. The Balaban J connectivity index is 2.13. The summed E-state index contributed by atoms with van der Waals surface area (Å²) in [5, 5.41) is 0.964. The fraction of sp³-hybridized carbons (Fsp3) is 0.389. The van der Waals surface area contributed by atoms with Crippen molar-refractivity contribution < 1.29 is 9.53 Å². The molecule has 1 aromatic heterocycles. The summed E-state index contributed by atoms with van der Waals surface area (Å²) < 4.78 is 7.40. The molecule has 0 spiro atoms. The van der Waals surface area contributed by atoms with Gasteiger partial charge >= 0.3 is 0 Å². The van der Waals surface area contributed by atoms with Gasteiger partial charge in [0, 0.05) is 30.2 Å². The smallest absolute Gasteiger partial charge is 0.257 e. The third-order valence-corrected chi connectivity index (χ3v) is 4.65. The molecule has 0 radical (unpaired) electrons. The molecular formula is C18H22N2O2. The molecule has 1 amide bonds. The molecule has 3 rings (SSSR count). The van der Waals surface area contributed by atoms with Gasteiger partial charge in [0.2, 0.25) is 0 Å². The Labute approximate surface area is 131 Å². The third kappa shape index (κ3) is 2.10. The third-order valence-electron chi connectivity index (χ3n) is 4.65. The molecule has 0 saturated heterocycles. The maximum atomic E-state index is 13.1. The van der Waals surface area contributed by atoms with Crippen molar-refractivity contribution in [3.05, 3.63) is 41.6 Å². The van der Waals surface area contributed by atoms with Crippen molar-refractivity contribution in [3.63, 3.8) is 0 Å². The van der Waals surface area contributed by atoms with Crippen LogP contribution in [0, 0.1) is 6.92 Å². The highest BCUT2D eigenvalue weighted by Crippen LogP contribution is 2.30. The van der Waals surface area contributed by atoms with Gasteiger partial charge in [-0.3, -0.25) is 4.79 Å². The van der Waals surface area contributed by atoms with Crippen molar-refractivity contribution >= 4 is 16.8 Å². The van der Waals surface area contributed by atoms with Gasteiger partial charge in [-0.15, -0.1) is 0 Å². The number of rotatable bonds is 3. The Morgan fingerprint density at radius 3 is 2.86 bits per heavy atom. The topological polar surface area (TPSA) is 34.5 Å². The van der Waals surface area contributed by atoms with E-state index in [1.54, 1.807) is 7.11 Å². The molecule has 1 aliphatic rings. The molecule has 0 N–H and O–H groups in total. The molecule has 0 saturated carbocycles. The molecule has 4 heteroatoms. The summed E-state index contributed by atoms with van der Waals surface area (Å²) in [6, 6.07) is 6.10. The van der Waals surface area contributed by atoms with E-state index in [-0.39, 0.29) is 11.9 Å². The Morgan fingerprint density at radius 2 is 2.18 bits per heavy atom. The minimum Gasteiger partial charge on any atom is -0.497 e. The van der Waals surface area contributed by atoms with Crippen LogP contribution in [0.4, 0.5) is 0 Å². The van der Waals surface area contributed by atoms with Crippen LogP contribution < -0.4 is 4.74 Å². The fourth-order valence-electron chi connectivity index (χ4n) is 3.25. The number of methoxy groups -OCH3 is 1. The first kappa shape index (κ1) is 14.7. The minimum atomic E-state index is 0.105. The van der Waals surface area contributed by atoms with Crippen molar-refractivity contribution in [2.45, 2.75) is 26.3 Å². The lowest BCUT2D eigenvalue weighted by molar-refractivity contribution is 0.0748. The average Bonchev–Trinajstić information content (AvgIpc) is 3.10. The second-order valence-corrected chi connectivity index (χ2v) is 5.76. The van der Waals surface area contributed by atoms with Gasteiger partial charge in [-0.1, -0.05) is 19.1 Å². The van der Waals surface area contributed by atoms with Gasteiger partial charge in [0.25, 0.3) is 5.91 Å². The lowest BCUT2D eigenvalue weighted by Crippen LogP contribution is -2.36. The van der Waals surface area contributed by atoms with Gasteiger partial charge in [0.15, 0.2) is 0 Å². The molecule has 116 valence electrons. The summed E-state index contributed by atoms with van der Waals surface area (Å²) in [5.41, 5.74) is 2.84. The Bertz CT molecular complexity index is 758. The van der Waals surface area contributed by atoms with Crippen LogP contribution in [-0.2, 0) is 7.05 Å². The first-order valence-electron chi connectivity index (χ1n) is 7.69. The zero-order valence-corrected chi connectivity index (χ0v) is 13.6. The molecule has 1 unspecified atom stereocenters. The predicted octanol–water partition coefficient (Wildman–Crippen LogP) is 3.29. The Kier molecular flexibility index (Phi) is 3.69. The number of fused-ring (bicyclic) bond motifs is 1. The molecule has 1 aromatic carbocycles. The fourth-order valence-corrected chi connectivity index (χ4v) is 3.25. The maximum Gasteiger partial charge on any atom is 0.257 e. The summed E-state index contributed by atoms with van der Waals surface area (Å²) in [6.45, 7) is 4.81. The number of hydrogen-bond donors (Lipinski definition) is 0. The number of carbonyl (C=O) groups is 1. The van der Waals surface area contributed by atoms with Crippen LogP contribution in [0.15, 0.2) is 30.4 Å². The first-order chi connectivity index (χ1) is 10.6. The quantitative estimate of drug-likeness (QED) is 0.815. The molecule has 0 aliphatic carbocycles. The number of benzene rings is 1. The van der Waals surface area contributed by atoms with Crippen molar-refractivity contribution in [3.8, 4) is 5.75 Å². The van der Waals surface area contributed by atoms with E-state index in [0.717, 1.165) is 34.3 Å². The normalized spacial score (nSPS) is 17.5. The number of hydrogen-bond acceptors (Lipinski definition) is 2. The molecule has 1 atom stereocenters. The standard InChI is InChI=1S/C18H22N2O2/c1-5-13-7-6-10-20(13)18(21)17-12(2)19(3)16-9-8-14(22-4)11-15(16)17/h6-9,11,13H,5,10H2,1-4H3. The van der Waals surface area contributed by atoms with Crippen molar-refractivity contribution in [2.75, 3.05) is 13.7 Å². The van der Waals surface area contributed by atoms with E-state index in [0.29, 0.717) is 6.54 Å². The van der Waals surface area contributed by atoms with Crippen LogP contribution in [0.5, 0.6) is 5.75 Å². The van der Waals surface area contributed by atoms with Gasteiger partial charge in [0.1, 0.15) is 5.75 Å². The molecule has 0 fully saturated rings. The van der Waals surface area contributed by atoms with Crippen molar-refractivity contribution in [1.82, 2.24) is 9.47 Å². The number of ether oxygens (including phenoxy) is 1. The second-order valence-electron chi connectivity index (χ2n) is 5.76. The molecule has 0 bridgehead atoms. The van der Waals surface area contributed by atoms with E-state index in [2.05, 4.69) is 23.6 Å². The molecule has 2 heterocycles. The highest BCUT2D eigenvalue weighted by Gasteiger charge is 2.28. The van der Waals surface area contributed by atoms with Gasteiger partial charge in [0.05, 0.1) is 18.7 Å². The van der Waals surface area contributed by atoms with E-state index in [1.165, 1.54) is 0 Å². The van der Waals surface area contributed by atoms with Gasteiger partial charge < -0.3 is 14.2 Å². The van der Waals surface area contributed by atoms with Gasteiger partial charge in [-0.05, 0) is 31.5 Å². The van der Waals surface area contributed by atoms with Crippen LogP contribution in [0.25, 0.3) is 10.9 Å². The summed E-state index contributed by atoms with van der Waals surface area (Å²) in [6.07, 6.45) is 5.14. The van der Waals surface area contributed by atoms with Crippen molar-refractivity contribution in [1.29, 1.82) is 0 Å². The average molecular weight is 298 g/mol. The SMILES string of the molecule is CCC1C=CCN1C(=O)c1c(C)n(C)c2ccc(OC)cc12. The zero-order valence-electron chi connectivity index (χ0n) is 13.6. The second kappa shape index (κ2) is 5.52. The largest absolute Gasteiger partial charge is 0.497 e. The van der Waals surface area contributed by atoms with Crippen LogP contribution in [0.3, 0.4) is 0 Å². The van der Waals surface area contributed by atoms with Crippen molar-refractivity contribution in [2.24, 2.45) is 7.05 Å². The van der Waals surface area contributed by atoms with Crippen LogP contribution in [0.1, 0.15) is 29.4 Å². The lowest BCUT2D eigenvalue weighted by atomic mass is 10.1. The molecule has 4 nitrogen and oxygen atoms in total. The Hall–Kier alpha value is -2.23. The van der Waals surface area contributed by atoms with Crippen LogP contribution in [-0.4, -0.2) is 35.1 Å². The van der Waals surface area contributed by atoms with Crippen LogP contribution >= 0.6 is 0 Å². The Morgan fingerprint density at radius 1 is 1.41 bits per heavy atom. The minimum absolute atomic E-state index is 0.105. The lowest BCUT2D eigenvalue weighted by Gasteiger charge is -2.23. The van der Waals surface area contributed by atoms with E-state index in [4.69, 9.17) is 4.74 Å². The molecular weight excluding hydrogens is 276 g/mol. The summed E-state index contributed by atoms with van der Waals surface area (Å²) in [4.78, 5) is 15.0. The van der Waals surface area contributed by atoms with Gasteiger partial charge in [-0.25, -0.2) is 0 Å². The van der Waals surface area contributed by atoms with E-state index < -0.39 is 0 Å². The summed E-state index contributed by atoms with van der Waals surface area (Å²) in [7, 11) is 3.65. The molecule has 2 aromatic rings. The number of carbonyl (C=O) groups excluding carboxylic acids is 1. The maximum absolute atomic E-state index is 13.1. The monoisotopic (exact) mass is 298 g/mol. The van der Waals surface area contributed by atoms with E-state index in [9.17, 15) is 4.79 Å². The number of nitrogens with zero attached hydrogens (tertiary/aromatic N) is 2. The summed E-state index contributed by atoms with van der Waals surface area (Å²) in [5.74, 6) is 0.881. The predicted molar refractivity (Wildman–Crippen MR) is 88.5 cm³/mol. The van der Waals surface area contributed by atoms with E-state index >= 15 is 0 Å². The van der Waals surface area contributed by atoms with Crippen LogP contribution in [0.2, 0.25) is 0 Å². The zero-order chi connectivity index (χ0) is 15.9. The first-order valence-corrected chi connectivity index (χ1v) is 7.69. The number of aryl methyl sites for hydroxylation is 1. The highest BCUT2D eigenvalue weighted by molar-refractivity contribution is 6.09. The molecule has 22 heavy (non-hydrogen) atoms. The molecule has 1 aliphatic heterocycles. The highest BCUT2D eigenvalue weighted by atomic mass is 16.5. The van der Waals surface area contributed by atoms with E-state index in [1.807, 2.05) is 37.1 Å². The number of amides is 1. The number of aromatic nitrogens is 1. The van der Waals surface area contributed by atoms with Gasteiger partial charge in [-0.2, -0.15) is 0 Å².